The molecular weight excluding hydrogens is 657 g/mol. The van der Waals surface area contributed by atoms with Gasteiger partial charge >= 0.3 is 0 Å². The highest BCUT2D eigenvalue weighted by Gasteiger charge is 2.35. The molecule has 10 nitrogen and oxygen atoms in total. The molecule has 12 heteroatoms. The molecule has 0 unspecified atom stereocenters. The second-order valence-electron chi connectivity index (χ2n) is 14.9. The van der Waals surface area contributed by atoms with Crippen LogP contribution in [0.1, 0.15) is 63.0 Å². The van der Waals surface area contributed by atoms with E-state index in [1.165, 1.54) is 48.9 Å². The predicted octanol–water partition coefficient (Wildman–Crippen LogP) is 5.04. The molecule has 1 aliphatic carbocycles. The highest BCUT2D eigenvalue weighted by atomic mass is 32.2. The largest absolute Gasteiger partial charge is 0.378 e. The van der Waals surface area contributed by atoms with E-state index in [4.69, 9.17) is 0 Å². The van der Waals surface area contributed by atoms with Crippen LogP contribution in [0.2, 0.25) is 0 Å². The molecule has 3 aliphatic rings. The Morgan fingerprint density at radius 1 is 0.694 bits per heavy atom. The van der Waals surface area contributed by atoms with Crippen molar-refractivity contribution < 1.29 is 16.8 Å². The first kappa shape index (κ1) is 38.0. The van der Waals surface area contributed by atoms with E-state index in [0.717, 1.165) is 38.2 Å². The number of nitrogens with zero attached hydrogens (tertiary/aromatic N) is 6. The number of rotatable bonds is 8. The molecule has 2 aromatic carbocycles. The van der Waals surface area contributed by atoms with Crippen molar-refractivity contribution in [3.05, 3.63) is 53.6 Å². The summed E-state index contributed by atoms with van der Waals surface area (Å²) in [6.07, 6.45) is 7.86. The molecule has 274 valence electrons. The molecule has 3 fully saturated rings. The first-order chi connectivity index (χ1) is 23.3. The van der Waals surface area contributed by atoms with Gasteiger partial charge in [0.2, 0.25) is 10.0 Å². The summed E-state index contributed by atoms with van der Waals surface area (Å²) in [4.78, 5) is 7.00. The minimum absolute atomic E-state index is 0.181. The lowest BCUT2D eigenvalue weighted by Crippen LogP contribution is -2.54. The minimum atomic E-state index is -3.77. The Bertz CT molecular complexity index is 1570. The summed E-state index contributed by atoms with van der Waals surface area (Å²) in [5.41, 5.74) is 4.53. The van der Waals surface area contributed by atoms with E-state index >= 15 is 0 Å². The maximum Gasteiger partial charge on any atom is 0.282 e. The zero-order valence-electron chi connectivity index (χ0n) is 30.6. The second kappa shape index (κ2) is 16.9. The van der Waals surface area contributed by atoms with Crippen LogP contribution in [0.5, 0.6) is 0 Å². The number of hydrogen-bond acceptors (Lipinski definition) is 7. The second-order valence-corrected chi connectivity index (χ2v) is 18.8. The Kier molecular flexibility index (Phi) is 13.1. The zero-order chi connectivity index (χ0) is 35.2. The molecule has 49 heavy (non-hydrogen) atoms. The van der Waals surface area contributed by atoms with E-state index in [1.54, 1.807) is 25.0 Å². The van der Waals surface area contributed by atoms with Crippen LogP contribution >= 0.6 is 0 Å². The summed E-state index contributed by atoms with van der Waals surface area (Å²) in [5.74, 6) is 0.477. The summed E-state index contributed by atoms with van der Waals surface area (Å²) in [7, 11) is -3.64. The molecule has 1 saturated carbocycles. The van der Waals surface area contributed by atoms with E-state index in [0.29, 0.717) is 45.2 Å². The highest BCUT2D eigenvalue weighted by Crippen LogP contribution is 2.27. The third kappa shape index (κ3) is 9.77. The highest BCUT2D eigenvalue weighted by molar-refractivity contribution is 7.89. The molecule has 0 aromatic heterocycles. The average molecular weight is 717 g/mol. The summed E-state index contributed by atoms with van der Waals surface area (Å²) in [5, 5.41) is 0. The van der Waals surface area contributed by atoms with Crippen molar-refractivity contribution in [3.8, 4) is 0 Å². The number of aryl methyl sites for hydroxylation is 2. The van der Waals surface area contributed by atoms with Crippen molar-refractivity contribution in [1.29, 1.82) is 0 Å². The van der Waals surface area contributed by atoms with E-state index in [2.05, 4.69) is 41.8 Å². The molecule has 2 saturated heterocycles. The van der Waals surface area contributed by atoms with Crippen LogP contribution in [0.25, 0.3) is 0 Å². The van der Waals surface area contributed by atoms with Crippen LogP contribution in [0.15, 0.2) is 47.4 Å². The molecule has 0 spiro atoms. The topological polar surface area (TPSA) is 87.7 Å². The van der Waals surface area contributed by atoms with E-state index in [9.17, 15) is 16.8 Å². The van der Waals surface area contributed by atoms with Crippen molar-refractivity contribution >= 4 is 31.6 Å². The van der Waals surface area contributed by atoms with Crippen molar-refractivity contribution in [3.63, 3.8) is 0 Å². The zero-order valence-corrected chi connectivity index (χ0v) is 32.2. The van der Waals surface area contributed by atoms with Crippen LogP contribution in [-0.2, 0) is 20.2 Å². The van der Waals surface area contributed by atoms with Gasteiger partial charge in [0.1, 0.15) is 0 Å². The van der Waals surface area contributed by atoms with Gasteiger partial charge in [0, 0.05) is 84.4 Å². The Morgan fingerprint density at radius 2 is 1.31 bits per heavy atom. The molecule has 2 heterocycles. The van der Waals surface area contributed by atoms with Gasteiger partial charge < -0.3 is 14.7 Å². The van der Waals surface area contributed by atoms with Crippen molar-refractivity contribution in [2.24, 2.45) is 11.8 Å². The van der Waals surface area contributed by atoms with Gasteiger partial charge in [0.25, 0.3) is 10.2 Å². The summed E-state index contributed by atoms with van der Waals surface area (Å²) in [6, 6.07) is 13.5. The minimum Gasteiger partial charge on any atom is -0.378 e. The van der Waals surface area contributed by atoms with Crippen molar-refractivity contribution in [1.82, 2.24) is 17.8 Å². The first-order valence-electron chi connectivity index (χ1n) is 18.4. The monoisotopic (exact) mass is 716 g/mol. The molecule has 0 bridgehead atoms. The van der Waals surface area contributed by atoms with Crippen LogP contribution in [-0.4, -0.2) is 121 Å². The maximum atomic E-state index is 14.3. The molecule has 1 atom stereocenters. The summed E-state index contributed by atoms with van der Waals surface area (Å²) < 4.78 is 61.8. The van der Waals surface area contributed by atoms with Crippen molar-refractivity contribution in [2.45, 2.75) is 70.6 Å². The third-order valence-corrected chi connectivity index (χ3v) is 14.5. The molecule has 0 radical (unpaired) electrons. The summed E-state index contributed by atoms with van der Waals surface area (Å²) in [6.45, 7) is 12.4. The molecule has 5 rings (SSSR count). The molecule has 2 aliphatic heterocycles. The van der Waals surface area contributed by atoms with Gasteiger partial charge in [-0.1, -0.05) is 43.9 Å². The number of sulfonamides is 1. The Morgan fingerprint density at radius 3 is 1.92 bits per heavy atom. The van der Waals surface area contributed by atoms with Crippen LogP contribution in [0.4, 0.5) is 11.4 Å². The van der Waals surface area contributed by atoms with Gasteiger partial charge in [-0.05, 0) is 100 Å². The Labute approximate surface area is 297 Å². The lowest BCUT2D eigenvalue weighted by molar-refractivity contribution is 0.179. The maximum absolute atomic E-state index is 14.3. The van der Waals surface area contributed by atoms with E-state index in [1.807, 2.05) is 38.1 Å². The SMILES string of the molecule is Cc1ccc(N2CCN(S(=O)(=O)N3CCCN(CC4CCCCC4)CCCN(S(=O)(=O)c4ccc(N(C)C)cc4)C[C@H](C)C3)CC2)c(C)c1. The van der Waals surface area contributed by atoms with Gasteiger partial charge in [0.05, 0.1) is 4.90 Å². The smallest absolute Gasteiger partial charge is 0.282 e. The van der Waals surface area contributed by atoms with E-state index < -0.39 is 20.2 Å². The normalized spacial score (nSPS) is 22.8. The number of hydrogen-bond donors (Lipinski definition) is 0. The van der Waals surface area contributed by atoms with Crippen LogP contribution in [0, 0.1) is 25.7 Å². The lowest BCUT2D eigenvalue weighted by Gasteiger charge is -2.39. The fourth-order valence-electron chi connectivity index (χ4n) is 7.88. The molecule has 0 amide bonds. The van der Waals surface area contributed by atoms with Gasteiger partial charge in [-0.15, -0.1) is 0 Å². The van der Waals surface area contributed by atoms with E-state index in [-0.39, 0.29) is 23.9 Å². The number of benzene rings is 2. The molecule has 2 aromatic rings. The fourth-order valence-corrected chi connectivity index (χ4v) is 11.2. The standard InChI is InChI=1S/C37H60N6O4S2/c1-31-13-18-37(33(3)27-31)40-23-25-41(26-24-40)49(46,47)43-22-10-20-39(30-34-11-7-6-8-12-34)19-9-21-42(28-32(2)29-43)48(44,45)36-16-14-35(15-17-36)38(4)5/h13-18,27,32,34H,6-12,19-26,28-30H2,1-5H3/t32-/m0/s1. The lowest BCUT2D eigenvalue weighted by atomic mass is 9.89. The molecular formula is C37H60N6O4S2. The van der Waals surface area contributed by atoms with Crippen LogP contribution in [0.3, 0.4) is 0 Å². The molecule has 0 N–H and O–H groups in total. The first-order valence-corrected chi connectivity index (χ1v) is 21.3. The number of anilines is 2. The Hall–Kier alpha value is -2.22. The van der Waals surface area contributed by atoms with Gasteiger partial charge in [0.15, 0.2) is 0 Å². The van der Waals surface area contributed by atoms with Crippen LogP contribution < -0.4 is 9.80 Å². The third-order valence-electron chi connectivity index (χ3n) is 10.6. The Balaban J connectivity index is 1.34. The van der Waals surface area contributed by atoms with Gasteiger partial charge in [-0.3, -0.25) is 0 Å². The quantitative estimate of drug-likeness (QED) is 0.379. The van der Waals surface area contributed by atoms with Gasteiger partial charge in [-0.2, -0.15) is 21.3 Å². The predicted molar refractivity (Wildman–Crippen MR) is 201 cm³/mol. The average Bonchev–Trinajstić information content (AvgIpc) is 3.07. The van der Waals surface area contributed by atoms with Gasteiger partial charge in [-0.25, -0.2) is 8.42 Å². The summed E-state index contributed by atoms with van der Waals surface area (Å²) >= 11 is 0. The number of piperazine rings is 1. The fraction of sp³-hybridized carbons (Fsp3) is 0.676. The van der Waals surface area contributed by atoms with Crippen molar-refractivity contribution in [2.75, 3.05) is 95.9 Å².